The number of benzene rings is 1. The van der Waals surface area contributed by atoms with E-state index in [9.17, 15) is 4.79 Å². The fraction of sp³-hybridized carbons (Fsp3) is 0.333. The Hall–Kier alpha value is -1.64. The van der Waals surface area contributed by atoms with Crippen LogP contribution in [0.25, 0.3) is 0 Å². The van der Waals surface area contributed by atoms with Gasteiger partial charge in [-0.1, -0.05) is 37.6 Å². The highest BCUT2D eigenvalue weighted by molar-refractivity contribution is 5.97. The van der Waals surface area contributed by atoms with Crippen molar-refractivity contribution in [2.24, 2.45) is 10.7 Å². The van der Waals surface area contributed by atoms with Crippen LogP contribution in [0, 0.1) is 0 Å². The molecular formula is C12H16N2O. The number of carbonyl (C=O) groups is 1. The van der Waals surface area contributed by atoms with Gasteiger partial charge in [0.2, 0.25) is 0 Å². The number of carbonyl (C=O) groups excluding carboxylic acids is 1. The Bertz CT molecular complexity index is 341. The summed E-state index contributed by atoms with van der Waals surface area (Å²) >= 11 is 0. The van der Waals surface area contributed by atoms with Crippen LogP contribution in [-0.2, 0) is 0 Å². The molecule has 2 N–H and O–H groups in total. The molecule has 0 aliphatic heterocycles. The van der Waals surface area contributed by atoms with E-state index >= 15 is 0 Å². The van der Waals surface area contributed by atoms with Crippen molar-refractivity contribution < 1.29 is 4.79 Å². The third-order valence-electron chi connectivity index (χ3n) is 2.14. The van der Waals surface area contributed by atoms with Gasteiger partial charge >= 0.3 is 0 Å². The van der Waals surface area contributed by atoms with Gasteiger partial charge in [-0.05, 0) is 6.42 Å². The monoisotopic (exact) mass is 204 g/mol. The van der Waals surface area contributed by atoms with Crippen molar-refractivity contribution >= 4 is 12.1 Å². The van der Waals surface area contributed by atoms with E-state index in [4.69, 9.17) is 5.73 Å². The summed E-state index contributed by atoms with van der Waals surface area (Å²) in [6.07, 6.45) is 2.97. The number of hydrogen-bond donors (Lipinski definition) is 1. The van der Waals surface area contributed by atoms with Gasteiger partial charge < -0.3 is 5.73 Å². The molecule has 80 valence electrons. The van der Waals surface area contributed by atoms with Crippen molar-refractivity contribution in [2.75, 3.05) is 6.54 Å². The van der Waals surface area contributed by atoms with Crippen molar-refractivity contribution in [2.45, 2.75) is 19.8 Å². The van der Waals surface area contributed by atoms with Crippen LogP contribution in [0.4, 0.5) is 0 Å². The van der Waals surface area contributed by atoms with Gasteiger partial charge in [-0.3, -0.25) is 9.79 Å². The average molecular weight is 204 g/mol. The van der Waals surface area contributed by atoms with E-state index in [1.54, 1.807) is 12.1 Å². The van der Waals surface area contributed by atoms with E-state index in [0.717, 1.165) is 31.2 Å². The Morgan fingerprint density at radius 1 is 1.40 bits per heavy atom. The van der Waals surface area contributed by atoms with Crippen LogP contribution in [0.15, 0.2) is 29.3 Å². The van der Waals surface area contributed by atoms with Crippen molar-refractivity contribution in [3.05, 3.63) is 35.4 Å². The predicted molar refractivity (Wildman–Crippen MR) is 62.3 cm³/mol. The second kappa shape index (κ2) is 5.96. The number of aliphatic imine (C=N–C) groups is 1. The molecule has 0 bridgehead atoms. The molecule has 0 aliphatic rings. The summed E-state index contributed by atoms with van der Waals surface area (Å²) in [5.41, 5.74) is 7.31. The third kappa shape index (κ3) is 3.54. The molecule has 3 heteroatoms. The minimum atomic E-state index is 0.542. The molecule has 0 heterocycles. The number of hydrogen-bond acceptors (Lipinski definition) is 2. The van der Waals surface area contributed by atoms with Crippen LogP contribution in [-0.4, -0.2) is 18.7 Å². The standard InChI is InChI=1S/C12H16N2O/c1-2-3-8-14-12(13)11-6-4-10(9-15)5-7-11/h4-7,9H,2-3,8H2,1H3,(H2,13,14). The molecule has 1 rings (SSSR count). The Kier molecular flexibility index (Phi) is 4.54. The molecule has 3 nitrogen and oxygen atoms in total. The maximum atomic E-state index is 10.4. The Balaban J connectivity index is 2.69. The molecule has 0 aromatic heterocycles. The van der Waals surface area contributed by atoms with E-state index in [2.05, 4.69) is 11.9 Å². The molecule has 0 saturated heterocycles. The highest BCUT2D eigenvalue weighted by Crippen LogP contribution is 2.02. The van der Waals surface area contributed by atoms with E-state index in [1.807, 2.05) is 12.1 Å². The van der Waals surface area contributed by atoms with Crippen molar-refractivity contribution in [3.63, 3.8) is 0 Å². The highest BCUT2D eigenvalue weighted by atomic mass is 16.1. The molecule has 1 aromatic carbocycles. The summed E-state index contributed by atoms with van der Waals surface area (Å²) in [4.78, 5) is 14.7. The SMILES string of the molecule is CCCCN=C(N)c1ccc(C=O)cc1. The second-order valence-electron chi connectivity index (χ2n) is 3.36. The lowest BCUT2D eigenvalue weighted by molar-refractivity contribution is 0.112. The van der Waals surface area contributed by atoms with Gasteiger partial charge in [0, 0.05) is 17.7 Å². The maximum Gasteiger partial charge on any atom is 0.150 e. The van der Waals surface area contributed by atoms with Crippen LogP contribution < -0.4 is 5.73 Å². The number of aldehydes is 1. The molecule has 1 aromatic rings. The minimum absolute atomic E-state index is 0.542. The molecular weight excluding hydrogens is 188 g/mol. The van der Waals surface area contributed by atoms with Gasteiger partial charge in [-0.25, -0.2) is 0 Å². The molecule has 0 aliphatic carbocycles. The normalized spacial score (nSPS) is 11.4. The van der Waals surface area contributed by atoms with Crippen molar-refractivity contribution in [3.8, 4) is 0 Å². The Morgan fingerprint density at radius 2 is 2.07 bits per heavy atom. The molecule has 0 saturated carbocycles. The molecule has 0 spiro atoms. The number of nitrogens with zero attached hydrogens (tertiary/aromatic N) is 1. The molecule has 0 unspecified atom stereocenters. The van der Waals surface area contributed by atoms with Gasteiger partial charge in [-0.2, -0.15) is 0 Å². The summed E-state index contributed by atoms with van der Waals surface area (Å²) in [5, 5.41) is 0. The predicted octanol–water partition coefficient (Wildman–Crippen LogP) is 2.00. The van der Waals surface area contributed by atoms with Crippen LogP contribution in [0.3, 0.4) is 0 Å². The number of rotatable bonds is 5. The van der Waals surface area contributed by atoms with Crippen LogP contribution in [0.1, 0.15) is 35.7 Å². The number of nitrogens with two attached hydrogens (primary N) is 1. The first-order chi connectivity index (χ1) is 7.27. The van der Waals surface area contributed by atoms with Crippen molar-refractivity contribution in [1.29, 1.82) is 0 Å². The van der Waals surface area contributed by atoms with Gasteiger partial charge in [-0.15, -0.1) is 0 Å². The fourth-order valence-electron chi connectivity index (χ4n) is 1.18. The highest BCUT2D eigenvalue weighted by Gasteiger charge is 1.97. The lowest BCUT2D eigenvalue weighted by Gasteiger charge is -2.00. The topological polar surface area (TPSA) is 55.4 Å². The Morgan fingerprint density at radius 3 is 2.60 bits per heavy atom. The largest absolute Gasteiger partial charge is 0.384 e. The second-order valence-corrected chi connectivity index (χ2v) is 3.36. The zero-order valence-electron chi connectivity index (χ0n) is 8.94. The number of unbranched alkanes of at least 4 members (excludes halogenated alkanes) is 1. The minimum Gasteiger partial charge on any atom is -0.384 e. The van der Waals surface area contributed by atoms with Gasteiger partial charge in [0.25, 0.3) is 0 Å². The van der Waals surface area contributed by atoms with Crippen molar-refractivity contribution in [1.82, 2.24) is 0 Å². The van der Waals surface area contributed by atoms with E-state index in [-0.39, 0.29) is 0 Å². The van der Waals surface area contributed by atoms with E-state index in [1.165, 1.54) is 0 Å². The van der Waals surface area contributed by atoms with Crippen LogP contribution in [0.2, 0.25) is 0 Å². The van der Waals surface area contributed by atoms with E-state index in [0.29, 0.717) is 11.4 Å². The van der Waals surface area contributed by atoms with Crippen LogP contribution in [0.5, 0.6) is 0 Å². The van der Waals surface area contributed by atoms with Gasteiger partial charge in [0.1, 0.15) is 12.1 Å². The summed E-state index contributed by atoms with van der Waals surface area (Å²) in [5.74, 6) is 0.542. The summed E-state index contributed by atoms with van der Waals surface area (Å²) in [7, 11) is 0. The first-order valence-electron chi connectivity index (χ1n) is 5.13. The first-order valence-corrected chi connectivity index (χ1v) is 5.13. The maximum absolute atomic E-state index is 10.4. The molecule has 0 atom stereocenters. The average Bonchev–Trinajstić information content (AvgIpc) is 2.29. The fourth-order valence-corrected chi connectivity index (χ4v) is 1.18. The van der Waals surface area contributed by atoms with E-state index < -0.39 is 0 Å². The summed E-state index contributed by atoms with van der Waals surface area (Å²) < 4.78 is 0. The summed E-state index contributed by atoms with van der Waals surface area (Å²) in [6.45, 7) is 2.88. The zero-order chi connectivity index (χ0) is 11.1. The summed E-state index contributed by atoms with van der Waals surface area (Å²) in [6, 6.07) is 7.11. The molecule has 0 radical (unpaired) electrons. The van der Waals surface area contributed by atoms with Crippen LogP contribution >= 0.6 is 0 Å². The third-order valence-corrected chi connectivity index (χ3v) is 2.14. The molecule has 15 heavy (non-hydrogen) atoms. The lowest BCUT2D eigenvalue weighted by atomic mass is 10.1. The smallest absolute Gasteiger partial charge is 0.150 e. The first kappa shape index (κ1) is 11.4. The quantitative estimate of drug-likeness (QED) is 0.345. The zero-order valence-corrected chi connectivity index (χ0v) is 8.94. The van der Waals surface area contributed by atoms with Gasteiger partial charge in [0.15, 0.2) is 0 Å². The Labute approximate surface area is 90.0 Å². The molecule has 0 amide bonds. The molecule has 0 fully saturated rings. The van der Waals surface area contributed by atoms with Gasteiger partial charge in [0.05, 0.1) is 0 Å². The number of amidine groups is 1. The lowest BCUT2D eigenvalue weighted by Crippen LogP contribution is -2.13.